The molecule has 1 aliphatic carbocycles. The van der Waals surface area contributed by atoms with Gasteiger partial charge in [-0.15, -0.1) is 0 Å². The number of nitrogens with one attached hydrogen (secondary N) is 2. The predicted molar refractivity (Wildman–Crippen MR) is 74.7 cm³/mol. The molecule has 1 saturated carbocycles. The molecule has 0 bridgehead atoms. The van der Waals surface area contributed by atoms with Crippen LogP contribution in [0.3, 0.4) is 0 Å². The lowest BCUT2D eigenvalue weighted by Crippen LogP contribution is -2.51. The molecule has 1 heterocycles. The number of imide groups is 1. The van der Waals surface area contributed by atoms with Gasteiger partial charge in [0, 0.05) is 11.5 Å². The second-order valence-corrected chi connectivity index (χ2v) is 6.12. The van der Waals surface area contributed by atoms with Crippen LogP contribution in [0.25, 0.3) is 0 Å². The third-order valence-corrected chi connectivity index (χ3v) is 4.88. The summed E-state index contributed by atoms with van der Waals surface area (Å²) >= 11 is 1.70. The van der Waals surface area contributed by atoms with Gasteiger partial charge in [0.25, 0.3) is 5.91 Å². The Bertz CT molecular complexity index is 501. The maximum Gasteiger partial charge on any atom is 0.322 e. The second kappa shape index (κ2) is 4.89. The minimum Gasteiger partial charge on any atom is -0.322 e. The Morgan fingerprint density at radius 2 is 1.95 bits per heavy atom. The van der Waals surface area contributed by atoms with Crippen LogP contribution >= 0.6 is 11.8 Å². The van der Waals surface area contributed by atoms with E-state index in [2.05, 4.69) is 22.8 Å². The average Bonchev–Trinajstić information content (AvgIpc) is 3.19. The fourth-order valence-corrected chi connectivity index (χ4v) is 3.78. The molecule has 19 heavy (non-hydrogen) atoms. The summed E-state index contributed by atoms with van der Waals surface area (Å²) < 4.78 is 0. The minimum atomic E-state index is -0.670. The zero-order valence-corrected chi connectivity index (χ0v) is 11.3. The van der Waals surface area contributed by atoms with Crippen molar-refractivity contribution in [1.29, 1.82) is 0 Å². The first-order valence-electron chi connectivity index (χ1n) is 6.46. The van der Waals surface area contributed by atoms with Crippen molar-refractivity contribution in [1.82, 2.24) is 10.6 Å². The molecule has 4 nitrogen and oxygen atoms in total. The van der Waals surface area contributed by atoms with E-state index in [0.29, 0.717) is 11.7 Å². The van der Waals surface area contributed by atoms with Crippen LogP contribution in [0, 0.1) is 5.92 Å². The number of hydrogen-bond acceptors (Lipinski definition) is 3. The van der Waals surface area contributed by atoms with Gasteiger partial charge in [0.05, 0.1) is 0 Å². The van der Waals surface area contributed by atoms with Gasteiger partial charge in [0.2, 0.25) is 0 Å². The highest BCUT2D eigenvalue weighted by Crippen LogP contribution is 2.43. The molecule has 3 amide bonds. The van der Waals surface area contributed by atoms with Gasteiger partial charge in [-0.05, 0) is 24.3 Å². The van der Waals surface area contributed by atoms with Gasteiger partial charge in [-0.1, -0.05) is 30.3 Å². The smallest absolute Gasteiger partial charge is 0.322 e. The molecule has 1 aliphatic heterocycles. The molecule has 5 heteroatoms. The molecule has 3 rings (SSSR count). The van der Waals surface area contributed by atoms with Crippen LogP contribution in [-0.4, -0.2) is 23.2 Å². The number of benzene rings is 1. The third-order valence-electron chi connectivity index (χ3n) is 3.68. The summed E-state index contributed by atoms with van der Waals surface area (Å²) in [7, 11) is 0. The van der Waals surface area contributed by atoms with E-state index in [1.807, 2.05) is 18.2 Å². The lowest BCUT2D eigenvalue weighted by molar-refractivity contribution is -0.123. The van der Waals surface area contributed by atoms with Crippen molar-refractivity contribution >= 4 is 23.7 Å². The normalized spacial score (nSPS) is 26.1. The molecule has 2 fully saturated rings. The SMILES string of the molecule is O=C1NC(=O)[C@](CSCc2ccccc2)(C2CC2)N1. The summed E-state index contributed by atoms with van der Waals surface area (Å²) in [4.78, 5) is 23.4. The third kappa shape index (κ3) is 2.47. The Morgan fingerprint density at radius 3 is 2.53 bits per heavy atom. The number of hydrogen-bond donors (Lipinski definition) is 2. The maximum atomic E-state index is 12.0. The molecule has 1 aromatic carbocycles. The van der Waals surface area contributed by atoms with Crippen LogP contribution in [0.2, 0.25) is 0 Å². The summed E-state index contributed by atoms with van der Waals surface area (Å²) in [6, 6.07) is 9.81. The van der Waals surface area contributed by atoms with Gasteiger partial charge >= 0.3 is 6.03 Å². The highest BCUT2D eigenvalue weighted by Gasteiger charge is 2.55. The average molecular weight is 276 g/mol. The van der Waals surface area contributed by atoms with Gasteiger partial charge in [0.1, 0.15) is 5.54 Å². The van der Waals surface area contributed by atoms with E-state index in [0.717, 1.165) is 18.6 Å². The quantitative estimate of drug-likeness (QED) is 0.808. The van der Waals surface area contributed by atoms with E-state index in [1.165, 1.54) is 5.56 Å². The van der Waals surface area contributed by atoms with Crippen molar-refractivity contribution in [2.24, 2.45) is 5.92 Å². The summed E-state index contributed by atoms with van der Waals surface area (Å²) in [6.45, 7) is 0. The number of rotatable bonds is 5. The second-order valence-electron chi connectivity index (χ2n) is 5.13. The molecule has 0 spiro atoms. The molecule has 2 N–H and O–H groups in total. The van der Waals surface area contributed by atoms with E-state index in [4.69, 9.17) is 0 Å². The van der Waals surface area contributed by atoms with E-state index >= 15 is 0 Å². The lowest BCUT2D eigenvalue weighted by atomic mass is 9.96. The van der Waals surface area contributed by atoms with E-state index in [9.17, 15) is 9.59 Å². The molecule has 0 unspecified atom stereocenters. The number of urea groups is 1. The van der Waals surface area contributed by atoms with Gasteiger partial charge in [-0.3, -0.25) is 10.1 Å². The van der Waals surface area contributed by atoms with E-state index in [1.54, 1.807) is 11.8 Å². The Kier molecular flexibility index (Phi) is 3.22. The van der Waals surface area contributed by atoms with Crippen LogP contribution in [-0.2, 0) is 10.5 Å². The first-order valence-corrected chi connectivity index (χ1v) is 7.61. The number of carbonyl (C=O) groups is 2. The van der Waals surface area contributed by atoms with E-state index < -0.39 is 5.54 Å². The van der Waals surface area contributed by atoms with Gasteiger partial charge in [-0.25, -0.2) is 4.79 Å². The first-order chi connectivity index (χ1) is 9.21. The molecule has 100 valence electrons. The Morgan fingerprint density at radius 1 is 1.21 bits per heavy atom. The Hall–Kier alpha value is -1.49. The van der Waals surface area contributed by atoms with Crippen molar-refractivity contribution in [3.63, 3.8) is 0 Å². The van der Waals surface area contributed by atoms with Crippen LogP contribution in [0.5, 0.6) is 0 Å². The molecule has 0 radical (unpaired) electrons. The summed E-state index contributed by atoms with van der Waals surface area (Å²) in [5.74, 6) is 1.66. The minimum absolute atomic E-state index is 0.152. The topological polar surface area (TPSA) is 58.2 Å². The van der Waals surface area contributed by atoms with Crippen LogP contribution in [0.4, 0.5) is 4.79 Å². The van der Waals surface area contributed by atoms with Crippen molar-refractivity contribution < 1.29 is 9.59 Å². The monoisotopic (exact) mass is 276 g/mol. The van der Waals surface area contributed by atoms with Crippen molar-refractivity contribution in [2.45, 2.75) is 24.1 Å². The predicted octanol–water partition coefficient (Wildman–Crippen LogP) is 1.91. The van der Waals surface area contributed by atoms with Crippen molar-refractivity contribution in [3.05, 3.63) is 35.9 Å². The van der Waals surface area contributed by atoms with Gasteiger partial charge < -0.3 is 5.32 Å². The largest absolute Gasteiger partial charge is 0.322 e. The van der Waals surface area contributed by atoms with Gasteiger partial charge in [0.15, 0.2) is 0 Å². The van der Waals surface area contributed by atoms with Crippen LogP contribution < -0.4 is 10.6 Å². The highest BCUT2D eigenvalue weighted by atomic mass is 32.2. The fourth-order valence-electron chi connectivity index (χ4n) is 2.49. The lowest BCUT2D eigenvalue weighted by Gasteiger charge is -2.25. The summed E-state index contributed by atoms with van der Waals surface area (Å²) in [6.07, 6.45) is 2.05. The Labute approximate surface area is 116 Å². The summed E-state index contributed by atoms with van der Waals surface area (Å²) in [5.41, 5.74) is 0.569. The summed E-state index contributed by atoms with van der Waals surface area (Å²) in [5, 5.41) is 5.22. The highest BCUT2D eigenvalue weighted by molar-refractivity contribution is 7.98. The molecular formula is C14H16N2O2S. The van der Waals surface area contributed by atoms with Crippen molar-refractivity contribution in [2.75, 3.05) is 5.75 Å². The number of amides is 3. The molecule has 0 aromatic heterocycles. The number of carbonyl (C=O) groups excluding carboxylic acids is 2. The fraction of sp³-hybridized carbons (Fsp3) is 0.429. The standard InChI is InChI=1S/C14H16N2O2S/c17-12-14(11-6-7-11,16-13(18)15-12)9-19-8-10-4-2-1-3-5-10/h1-5,11H,6-9H2,(H2,15,16,17,18)/t14-/m0/s1. The molecule has 1 saturated heterocycles. The van der Waals surface area contributed by atoms with Crippen LogP contribution in [0.15, 0.2) is 30.3 Å². The molecular weight excluding hydrogens is 260 g/mol. The Balaban J connectivity index is 1.63. The zero-order chi connectivity index (χ0) is 13.3. The van der Waals surface area contributed by atoms with Gasteiger partial charge in [-0.2, -0.15) is 11.8 Å². The van der Waals surface area contributed by atoms with Crippen molar-refractivity contribution in [3.8, 4) is 0 Å². The molecule has 1 atom stereocenters. The molecule has 2 aliphatic rings. The molecule has 1 aromatic rings. The van der Waals surface area contributed by atoms with Crippen LogP contribution in [0.1, 0.15) is 18.4 Å². The zero-order valence-electron chi connectivity index (χ0n) is 10.5. The first kappa shape index (κ1) is 12.5. The number of thioether (sulfide) groups is 1. The van der Waals surface area contributed by atoms with E-state index in [-0.39, 0.29) is 11.9 Å². The maximum absolute atomic E-state index is 12.0.